The zero-order valence-electron chi connectivity index (χ0n) is 19.8. The zero-order valence-corrected chi connectivity index (χ0v) is 21.3. The van der Waals surface area contributed by atoms with E-state index in [1.54, 1.807) is 36.3 Å². The van der Waals surface area contributed by atoms with Gasteiger partial charge in [0.25, 0.3) is 0 Å². The summed E-state index contributed by atoms with van der Waals surface area (Å²) in [5, 5.41) is 11.2. The maximum absolute atomic E-state index is 12.6. The molecule has 0 radical (unpaired) electrons. The number of aliphatic hydroxyl groups excluding tert-OH is 1. The summed E-state index contributed by atoms with van der Waals surface area (Å²) in [5.41, 5.74) is 0.797. The van der Waals surface area contributed by atoms with E-state index in [1.807, 2.05) is 4.90 Å². The van der Waals surface area contributed by atoms with Gasteiger partial charge in [-0.3, -0.25) is 9.59 Å². The standard InChI is InChI=1S/C25H35Cl2N3O4/c1-34-18-20-8-12-28(17-23(20)31)10-2-3-11-29-14-15-30(13-9-25(29)33)24(32)7-5-19-4-6-21(26)22(27)16-19/h4-7,16,20,23,31H,2-3,8-15,17-18H2,1H3/b7-5+/t20-,23-/m0/s1. The summed E-state index contributed by atoms with van der Waals surface area (Å²) < 4.78 is 5.18. The monoisotopic (exact) mass is 511 g/mol. The maximum atomic E-state index is 12.6. The number of hydrogen-bond acceptors (Lipinski definition) is 5. The number of aliphatic hydroxyl groups is 1. The molecule has 1 N–H and O–H groups in total. The van der Waals surface area contributed by atoms with E-state index in [-0.39, 0.29) is 23.8 Å². The van der Waals surface area contributed by atoms with Crippen molar-refractivity contribution in [2.75, 3.05) is 59.5 Å². The molecule has 1 aromatic rings. The fourth-order valence-corrected chi connectivity index (χ4v) is 4.81. The van der Waals surface area contributed by atoms with Crippen LogP contribution in [0.2, 0.25) is 10.0 Å². The Bertz CT molecular complexity index is 867. The highest BCUT2D eigenvalue weighted by Gasteiger charge is 2.27. The van der Waals surface area contributed by atoms with Crippen LogP contribution in [0.15, 0.2) is 24.3 Å². The van der Waals surface area contributed by atoms with Gasteiger partial charge in [0.2, 0.25) is 11.8 Å². The molecule has 2 heterocycles. The van der Waals surface area contributed by atoms with Crippen LogP contribution < -0.4 is 0 Å². The summed E-state index contributed by atoms with van der Waals surface area (Å²) in [6, 6.07) is 5.21. The zero-order chi connectivity index (χ0) is 24.5. The number of unbranched alkanes of at least 4 members (excludes halogenated alkanes) is 1. The van der Waals surface area contributed by atoms with Crippen LogP contribution >= 0.6 is 23.2 Å². The van der Waals surface area contributed by atoms with Gasteiger partial charge in [0, 0.05) is 58.2 Å². The lowest BCUT2D eigenvalue weighted by Gasteiger charge is -2.35. The van der Waals surface area contributed by atoms with Gasteiger partial charge in [-0.05, 0) is 56.1 Å². The number of β-amino-alcohol motifs (C(OH)–C–C–N with tert-alkyl or cyclic N) is 1. The van der Waals surface area contributed by atoms with Gasteiger partial charge in [-0.2, -0.15) is 0 Å². The van der Waals surface area contributed by atoms with Gasteiger partial charge in [-0.25, -0.2) is 0 Å². The van der Waals surface area contributed by atoms with Gasteiger partial charge < -0.3 is 24.5 Å². The van der Waals surface area contributed by atoms with Crippen molar-refractivity contribution in [1.29, 1.82) is 0 Å². The third kappa shape index (κ3) is 7.95. The van der Waals surface area contributed by atoms with Crippen molar-refractivity contribution in [2.45, 2.75) is 31.8 Å². The predicted molar refractivity (Wildman–Crippen MR) is 135 cm³/mol. The van der Waals surface area contributed by atoms with Crippen molar-refractivity contribution in [3.63, 3.8) is 0 Å². The molecule has 7 nitrogen and oxygen atoms in total. The summed E-state index contributed by atoms with van der Waals surface area (Å²) in [7, 11) is 1.67. The number of halogens is 2. The topological polar surface area (TPSA) is 73.3 Å². The third-order valence-electron chi connectivity index (χ3n) is 6.60. The molecule has 2 atom stereocenters. The van der Waals surface area contributed by atoms with E-state index in [4.69, 9.17) is 27.9 Å². The second-order valence-corrected chi connectivity index (χ2v) is 9.86. The summed E-state index contributed by atoms with van der Waals surface area (Å²) in [4.78, 5) is 31.1. The van der Waals surface area contributed by atoms with E-state index in [0.29, 0.717) is 55.8 Å². The van der Waals surface area contributed by atoms with E-state index in [2.05, 4.69) is 4.90 Å². The Morgan fingerprint density at radius 1 is 1.15 bits per heavy atom. The molecule has 0 saturated carbocycles. The van der Waals surface area contributed by atoms with E-state index in [1.165, 1.54) is 6.08 Å². The molecule has 0 aromatic heterocycles. The first-order valence-corrected chi connectivity index (χ1v) is 12.7. The molecule has 0 bridgehead atoms. The Labute approximate surface area is 212 Å². The van der Waals surface area contributed by atoms with Crippen molar-refractivity contribution >= 4 is 41.1 Å². The lowest BCUT2D eigenvalue weighted by Crippen LogP contribution is -2.45. The summed E-state index contributed by atoms with van der Waals surface area (Å²) in [6.07, 6.45) is 6.06. The smallest absolute Gasteiger partial charge is 0.246 e. The van der Waals surface area contributed by atoms with E-state index in [9.17, 15) is 14.7 Å². The van der Waals surface area contributed by atoms with E-state index >= 15 is 0 Å². The highest BCUT2D eigenvalue weighted by atomic mass is 35.5. The van der Waals surface area contributed by atoms with Crippen molar-refractivity contribution < 1.29 is 19.4 Å². The van der Waals surface area contributed by atoms with Gasteiger partial charge in [0.1, 0.15) is 0 Å². The summed E-state index contributed by atoms with van der Waals surface area (Å²) >= 11 is 12.0. The third-order valence-corrected chi connectivity index (χ3v) is 7.34. The van der Waals surface area contributed by atoms with Crippen molar-refractivity contribution in [3.8, 4) is 0 Å². The molecular formula is C25H35Cl2N3O4. The minimum Gasteiger partial charge on any atom is -0.391 e. The van der Waals surface area contributed by atoms with Crippen LogP contribution in [0.1, 0.15) is 31.2 Å². The number of piperidine rings is 1. The Morgan fingerprint density at radius 2 is 1.94 bits per heavy atom. The Balaban J connectivity index is 1.39. The molecule has 0 aliphatic carbocycles. The Morgan fingerprint density at radius 3 is 2.68 bits per heavy atom. The van der Waals surface area contributed by atoms with Crippen molar-refractivity contribution in [3.05, 3.63) is 39.9 Å². The maximum Gasteiger partial charge on any atom is 0.246 e. The molecule has 34 heavy (non-hydrogen) atoms. The van der Waals surface area contributed by atoms with Crippen LogP contribution in [-0.2, 0) is 14.3 Å². The molecule has 2 aliphatic rings. The molecule has 2 amide bonds. The minimum absolute atomic E-state index is 0.0968. The minimum atomic E-state index is -0.338. The second-order valence-electron chi connectivity index (χ2n) is 9.04. The number of likely N-dealkylation sites (tertiary alicyclic amines) is 1. The normalized spacial score (nSPS) is 22.4. The highest BCUT2D eigenvalue weighted by molar-refractivity contribution is 6.42. The average Bonchev–Trinajstić information content (AvgIpc) is 3.00. The molecule has 3 rings (SSSR count). The number of hydrogen-bond donors (Lipinski definition) is 1. The highest BCUT2D eigenvalue weighted by Crippen LogP contribution is 2.23. The molecule has 1 aromatic carbocycles. The Kier molecular flexibility index (Phi) is 10.7. The first-order chi connectivity index (χ1) is 16.4. The SMILES string of the molecule is COC[C@@H]1CCN(CCCCN2CCN(C(=O)/C=C/c3ccc(Cl)c(Cl)c3)CCC2=O)C[C@@H]1O. The van der Waals surface area contributed by atoms with Crippen LogP contribution in [0.3, 0.4) is 0 Å². The lowest BCUT2D eigenvalue weighted by atomic mass is 9.94. The van der Waals surface area contributed by atoms with Crippen LogP contribution in [0.25, 0.3) is 6.08 Å². The molecule has 2 aliphatic heterocycles. The quantitative estimate of drug-likeness (QED) is 0.407. The lowest BCUT2D eigenvalue weighted by molar-refractivity contribution is -0.130. The fraction of sp³-hybridized carbons (Fsp3) is 0.600. The van der Waals surface area contributed by atoms with Crippen LogP contribution in [0.4, 0.5) is 0 Å². The van der Waals surface area contributed by atoms with Gasteiger partial charge in [-0.15, -0.1) is 0 Å². The van der Waals surface area contributed by atoms with Crippen molar-refractivity contribution in [2.24, 2.45) is 5.92 Å². The number of amides is 2. The van der Waals surface area contributed by atoms with Crippen LogP contribution in [-0.4, -0.2) is 97.3 Å². The second kappa shape index (κ2) is 13.4. The molecule has 0 spiro atoms. The van der Waals surface area contributed by atoms with Gasteiger partial charge in [0.15, 0.2) is 0 Å². The molecular weight excluding hydrogens is 477 g/mol. The summed E-state index contributed by atoms with van der Waals surface area (Å²) in [5.74, 6) is 0.205. The number of rotatable bonds is 9. The number of nitrogens with zero attached hydrogens (tertiary/aromatic N) is 3. The largest absolute Gasteiger partial charge is 0.391 e. The first kappa shape index (κ1) is 27.0. The van der Waals surface area contributed by atoms with E-state index < -0.39 is 0 Å². The van der Waals surface area contributed by atoms with Gasteiger partial charge in [-0.1, -0.05) is 29.3 Å². The van der Waals surface area contributed by atoms with Crippen LogP contribution in [0, 0.1) is 5.92 Å². The molecule has 0 unspecified atom stereocenters. The fourth-order valence-electron chi connectivity index (χ4n) is 4.51. The summed E-state index contributed by atoms with van der Waals surface area (Å²) in [6.45, 7) is 5.38. The Hall–Kier alpha value is -1.64. The van der Waals surface area contributed by atoms with E-state index in [0.717, 1.165) is 37.9 Å². The number of ether oxygens (including phenoxy) is 1. The van der Waals surface area contributed by atoms with Gasteiger partial charge >= 0.3 is 0 Å². The van der Waals surface area contributed by atoms with Crippen LogP contribution in [0.5, 0.6) is 0 Å². The number of methoxy groups -OCH3 is 1. The average molecular weight is 512 g/mol. The molecule has 188 valence electrons. The number of carbonyl (C=O) groups is 2. The predicted octanol–water partition coefficient (Wildman–Crippen LogP) is 3.18. The first-order valence-electron chi connectivity index (χ1n) is 12.0. The molecule has 9 heteroatoms. The number of benzene rings is 1. The number of carbonyl (C=O) groups excluding carboxylic acids is 2. The van der Waals surface area contributed by atoms with Gasteiger partial charge in [0.05, 0.1) is 22.8 Å². The molecule has 2 fully saturated rings. The molecule has 2 saturated heterocycles. The van der Waals surface area contributed by atoms with Crippen molar-refractivity contribution in [1.82, 2.24) is 14.7 Å².